The van der Waals surface area contributed by atoms with Gasteiger partial charge in [0.25, 0.3) is 0 Å². The first-order chi connectivity index (χ1) is 9.63. The van der Waals surface area contributed by atoms with E-state index in [2.05, 4.69) is 0 Å². The topological polar surface area (TPSA) is 60.7 Å². The van der Waals surface area contributed by atoms with Gasteiger partial charge in [-0.25, -0.2) is 0 Å². The normalized spacial score (nSPS) is 17.4. The minimum absolute atomic E-state index is 0.0282. The van der Waals surface area contributed by atoms with Crippen molar-refractivity contribution < 1.29 is 15.3 Å². The van der Waals surface area contributed by atoms with Gasteiger partial charge in [-0.05, 0) is 31.2 Å². The number of benzene rings is 1. The summed E-state index contributed by atoms with van der Waals surface area (Å²) >= 11 is 0. The van der Waals surface area contributed by atoms with Gasteiger partial charge in [-0.1, -0.05) is 44.2 Å². The van der Waals surface area contributed by atoms with E-state index in [0.717, 1.165) is 12.8 Å². The van der Waals surface area contributed by atoms with E-state index in [4.69, 9.17) is 0 Å². The second-order valence-corrected chi connectivity index (χ2v) is 5.51. The molecular formula is C17H28O3. The van der Waals surface area contributed by atoms with E-state index in [1.165, 1.54) is 5.56 Å². The summed E-state index contributed by atoms with van der Waals surface area (Å²) in [5, 5.41) is 29.9. The number of rotatable bonds is 9. The lowest BCUT2D eigenvalue weighted by molar-refractivity contribution is -0.0370. The van der Waals surface area contributed by atoms with Gasteiger partial charge in [0.1, 0.15) is 0 Å². The van der Waals surface area contributed by atoms with Gasteiger partial charge in [-0.3, -0.25) is 0 Å². The van der Waals surface area contributed by atoms with Crippen LogP contribution in [0.25, 0.3) is 0 Å². The van der Waals surface area contributed by atoms with E-state index in [-0.39, 0.29) is 18.4 Å². The summed E-state index contributed by atoms with van der Waals surface area (Å²) in [6.45, 7) is 3.90. The summed E-state index contributed by atoms with van der Waals surface area (Å²) < 4.78 is 0. The second kappa shape index (κ2) is 9.11. The van der Waals surface area contributed by atoms with Crippen LogP contribution in [0.1, 0.15) is 38.7 Å². The molecule has 0 radical (unpaired) electrons. The molecule has 0 spiro atoms. The first kappa shape index (κ1) is 17.2. The fraction of sp³-hybridized carbons (Fsp3) is 0.647. The van der Waals surface area contributed by atoms with Crippen LogP contribution in [0.5, 0.6) is 0 Å². The molecule has 114 valence electrons. The summed E-state index contributed by atoms with van der Waals surface area (Å²) in [6, 6.07) is 10.1. The molecule has 3 nitrogen and oxygen atoms in total. The lowest BCUT2D eigenvalue weighted by Gasteiger charge is -2.31. The van der Waals surface area contributed by atoms with Crippen LogP contribution in [0, 0.1) is 11.8 Å². The van der Waals surface area contributed by atoms with Gasteiger partial charge < -0.3 is 15.3 Å². The highest BCUT2D eigenvalue weighted by atomic mass is 16.3. The zero-order valence-corrected chi connectivity index (χ0v) is 12.6. The number of aliphatic hydroxyl groups is 3. The predicted molar refractivity (Wildman–Crippen MR) is 81.4 cm³/mol. The fourth-order valence-corrected chi connectivity index (χ4v) is 2.74. The molecule has 20 heavy (non-hydrogen) atoms. The van der Waals surface area contributed by atoms with Crippen molar-refractivity contribution in [1.82, 2.24) is 0 Å². The van der Waals surface area contributed by atoms with Crippen molar-refractivity contribution in [2.75, 3.05) is 6.61 Å². The predicted octanol–water partition coefficient (Wildman–Crippen LogP) is 2.39. The zero-order valence-electron chi connectivity index (χ0n) is 12.6. The van der Waals surface area contributed by atoms with Crippen molar-refractivity contribution in [3.8, 4) is 0 Å². The Balaban J connectivity index is 2.56. The van der Waals surface area contributed by atoms with Gasteiger partial charge in [0.05, 0.1) is 12.2 Å². The van der Waals surface area contributed by atoms with E-state index >= 15 is 0 Å². The summed E-state index contributed by atoms with van der Waals surface area (Å²) in [4.78, 5) is 0. The molecule has 1 aromatic carbocycles. The van der Waals surface area contributed by atoms with Gasteiger partial charge in [-0.2, -0.15) is 0 Å². The van der Waals surface area contributed by atoms with Crippen LogP contribution in [-0.4, -0.2) is 34.1 Å². The average Bonchev–Trinajstić information content (AvgIpc) is 2.48. The fourth-order valence-electron chi connectivity index (χ4n) is 2.74. The van der Waals surface area contributed by atoms with Gasteiger partial charge in [0.2, 0.25) is 0 Å². The number of hydrogen-bond donors (Lipinski definition) is 3. The molecule has 3 heteroatoms. The van der Waals surface area contributed by atoms with E-state index in [1.807, 2.05) is 44.2 Å². The molecule has 0 bridgehead atoms. The second-order valence-electron chi connectivity index (χ2n) is 5.51. The molecule has 0 saturated heterocycles. The van der Waals surface area contributed by atoms with Gasteiger partial charge in [0.15, 0.2) is 0 Å². The third kappa shape index (κ3) is 4.89. The minimum atomic E-state index is -0.638. The third-order valence-corrected chi connectivity index (χ3v) is 4.22. The van der Waals surface area contributed by atoms with Crippen LogP contribution >= 0.6 is 0 Å². The van der Waals surface area contributed by atoms with Crippen LogP contribution in [-0.2, 0) is 6.42 Å². The molecule has 0 aliphatic carbocycles. The lowest BCUT2D eigenvalue weighted by atomic mass is 9.82. The van der Waals surface area contributed by atoms with Crippen molar-refractivity contribution in [3.63, 3.8) is 0 Å². The number of hydrogen-bond acceptors (Lipinski definition) is 3. The molecule has 0 amide bonds. The van der Waals surface area contributed by atoms with Crippen LogP contribution in [0.15, 0.2) is 30.3 Å². The Morgan fingerprint density at radius 1 is 1.00 bits per heavy atom. The van der Waals surface area contributed by atoms with Gasteiger partial charge in [0, 0.05) is 18.4 Å². The zero-order chi connectivity index (χ0) is 15.0. The number of aryl methyl sites for hydroxylation is 1. The van der Waals surface area contributed by atoms with Crippen molar-refractivity contribution in [2.45, 2.75) is 51.7 Å². The molecule has 0 heterocycles. The summed E-state index contributed by atoms with van der Waals surface area (Å²) in [5.74, 6) is -0.317. The van der Waals surface area contributed by atoms with Crippen molar-refractivity contribution in [2.24, 2.45) is 11.8 Å². The first-order valence-electron chi connectivity index (χ1n) is 7.64. The molecule has 4 atom stereocenters. The Morgan fingerprint density at radius 2 is 1.65 bits per heavy atom. The standard InChI is InChI=1S/C17H28O3/c1-3-14(12-18)17(20)15(4-2)16(19)11-10-13-8-6-5-7-9-13/h5-9,14-20H,3-4,10-12H2,1-2H3/t14-,15-,16+,17+/m0/s1. The summed E-state index contributed by atoms with van der Waals surface area (Å²) in [5.41, 5.74) is 1.20. The summed E-state index contributed by atoms with van der Waals surface area (Å²) in [6.07, 6.45) is 1.71. The molecule has 0 unspecified atom stereocenters. The van der Waals surface area contributed by atoms with Crippen molar-refractivity contribution in [3.05, 3.63) is 35.9 Å². The first-order valence-corrected chi connectivity index (χ1v) is 7.64. The molecule has 1 aromatic rings. The Labute approximate surface area is 122 Å². The average molecular weight is 280 g/mol. The third-order valence-electron chi connectivity index (χ3n) is 4.22. The Bertz CT molecular complexity index is 349. The van der Waals surface area contributed by atoms with Gasteiger partial charge >= 0.3 is 0 Å². The van der Waals surface area contributed by atoms with E-state index in [9.17, 15) is 15.3 Å². The van der Waals surface area contributed by atoms with Gasteiger partial charge in [-0.15, -0.1) is 0 Å². The van der Waals surface area contributed by atoms with Crippen molar-refractivity contribution >= 4 is 0 Å². The maximum atomic E-state index is 10.3. The minimum Gasteiger partial charge on any atom is -0.396 e. The largest absolute Gasteiger partial charge is 0.396 e. The van der Waals surface area contributed by atoms with E-state index < -0.39 is 12.2 Å². The molecule has 3 N–H and O–H groups in total. The molecule has 0 aliphatic rings. The highest BCUT2D eigenvalue weighted by molar-refractivity contribution is 5.14. The van der Waals surface area contributed by atoms with Crippen LogP contribution in [0.3, 0.4) is 0 Å². The Hall–Kier alpha value is -0.900. The Kier molecular flexibility index (Phi) is 7.82. The molecule has 0 fully saturated rings. The van der Waals surface area contributed by atoms with Crippen LogP contribution in [0.4, 0.5) is 0 Å². The summed E-state index contributed by atoms with van der Waals surface area (Å²) in [7, 11) is 0. The highest BCUT2D eigenvalue weighted by Crippen LogP contribution is 2.24. The SMILES string of the molecule is CC[C@@H](CO)[C@@H](O)[C@@H](CC)[C@H](O)CCc1ccccc1. The van der Waals surface area contributed by atoms with Crippen LogP contribution < -0.4 is 0 Å². The monoisotopic (exact) mass is 280 g/mol. The molecule has 1 rings (SSSR count). The smallest absolute Gasteiger partial charge is 0.0642 e. The van der Waals surface area contributed by atoms with Crippen molar-refractivity contribution in [1.29, 1.82) is 0 Å². The van der Waals surface area contributed by atoms with E-state index in [0.29, 0.717) is 12.8 Å². The molecular weight excluding hydrogens is 252 g/mol. The molecule has 0 aromatic heterocycles. The molecule has 0 aliphatic heterocycles. The number of aliphatic hydroxyl groups excluding tert-OH is 3. The Morgan fingerprint density at radius 3 is 2.15 bits per heavy atom. The maximum absolute atomic E-state index is 10.3. The quantitative estimate of drug-likeness (QED) is 0.651. The van der Waals surface area contributed by atoms with E-state index in [1.54, 1.807) is 0 Å². The molecule has 0 saturated carbocycles. The maximum Gasteiger partial charge on any atom is 0.0642 e. The lowest BCUT2D eigenvalue weighted by Crippen LogP contribution is -2.38. The highest BCUT2D eigenvalue weighted by Gasteiger charge is 2.30. The van der Waals surface area contributed by atoms with Crippen LogP contribution in [0.2, 0.25) is 0 Å².